The minimum Gasteiger partial charge on any atom is -0.495 e. The summed E-state index contributed by atoms with van der Waals surface area (Å²) in [5.74, 6) is 2.98. The fraction of sp³-hybridized carbons (Fsp3) is 0.481. The van der Waals surface area contributed by atoms with Gasteiger partial charge in [0.2, 0.25) is 0 Å². The second kappa shape index (κ2) is 11.3. The lowest BCUT2D eigenvalue weighted by molar-refractivity contribution is 0.0190. The Morgan fingerprint density at radius 3 is 2.47 bits per heavy atom. The molecule has 5 rings (SSSR count). The van der Waals surface area contributed by atoms with Crippen LogP contribution in [0, 0.1) is 5.41 Å². The number of aromatic nitrogens is 3. The smallest absolute Gasteiger partial charge is 0.191 e. The van der Waals surface area contributed by atoms with Gasteiger partial charge in [-0.25, -0.2) is 0 Å². The van der Waals surface area contributed by atoms with Crippen molar-refractivity contribution in [2.24, 2.45) is 12.5 Å². The number of ether oxygens (including phenoxy) is 1. The van der Waals surface area contributed by atoms with E-state index in [1.165, 1.54) is 31.6 Å². The van der Waals surface area contributed by atoms with Gasteiger partial charge in [0.1, 0.15) is 5.75 Å². The van der Waals surface area contributed by atoms with Crippen LogP contribution in [0.4, 0.5) is 5.69 Å². The average molecular weight is 480 g/mol. The standard InChI is InChI=1S/C25H31N5OS.C2H6/c1-28-23(20-9-4-3-5-10-20)26-27-24(28)32-16-8-14-29-17-25(18-29)13-15-30(19-25)21-11-6-7-12-22(21)31-2;1-2/h3-7,9-12H,8,13-19H2,1-2H3;1-2H3. The molecule has 3 aromatic rings. The minimum atomic E-state index is 0.460. The topological polar surface area (TPSA) is 46.4 Å². The largest absolute Gasteiger partial charge is 0.495 e. The van der Waals surface area contributed by atoms with Gasteiger partial charge in [-0.15, -0.1) is 10.2 Å². The number of nitrogens with zero attached hydrogens (tertiary/aromatic N) is 5. The van der Waals surface area contributed by atoms with Gasteiger partial charge in [-0.2, -0.15) is 0 Å². The number of likely N-dealkylation sites (tertiary alicyclic amines) is 1. The van der Waals surface area contributed by atoms with E-state index in [1.54, 1.807) is 18.9 Å². The summed E-state index contributed by atoms with van der Waals surface area (Å²) in [6.45, 7) is 9.85. The molecular formula is C27H37N5OS. The first-order valence-electron chi connectivity index (χ1n) is 12.4. The van der Waals surface area contributed by atoms with E-state index in [9.17, 15) is 0 Å². The number of thioether (sulfide) groups is 1. The van der Waals surface area contributed by atoms with E-state index in [2.05, 4.69) is 61.9 Å². The monoisotopic (exact) mass is 479 g/mol. The Balaban J connectivity index is 0.00000133. The van der Waals surface area contributed by atoms with Crippen LogP contribution in [0.5, 0.6) is 5.75 Å². The fourth-order valence-corrected chi connectivity index (χ4v) is 5.92. The van der Waals surface area contributed by atoms with Crippen LogP contribution in [0.25, 0.3) is 11.4 Å². The predicted octanol–water partition coefficient (Wildman–Crippen LogP) is 5.21. The molecule has 7 heteroatoms. The van der Waals surface area contributed by atoms with E-state index in [4.69, 9.17) is 4.74 Å². The third kappa shape index (κ3) is 5.26. The number of para-hydroxylation sites is 2. The van der Waals surface area contributed by atoms with Crippen molar-refractivity contribution in [1.82, 2.24) is 19.7 Å². The molecule has 2 saturated heterocycles. The summed E-state index contributed by atoms with van der Waals surface area (Å²) in [6.07, 6.45) is 2.45. The Labute approximate surface area is 208 Å². The molecule has 3 heterocycles. The molecule has 0 saturated carbocycles. The summed E-state index contributed by atoms with van der Waals surface area (Å²) in [5.41, 5.74) is 2.81. The molecule has 0 aliphatic carbocycles. The highest BCUT2D eigenvalue weighted by Crippen LogP contribution is 2.43. The lowest BCUT2D eigenvalue weighted by Gasteiger charge is -2.48. The molecule has 0 bridgehead atoms. The van der Waals surface area contributed by atoms with Gasteiger partial charge in [-0.3, -0.25) is 0 Å². The molecule has 2 aliphatic rings. The van der Waals surface area contributed by atoms with Gasteiger partial charge in [0.05, 0.1) is 12.8 Å². The second-order valence-electron chi connectivity index (χ2n) is 8.99. The molecule has 34 heavy (non-hydrogen) atoms. The number of methoxy groups -OCH3 is 1. The Morgan fingerprint density at radius 2 is 1.71 bits per heavy atom. The summed E-state index contributed by atoms with van der Waals surface area (Å²) in [7, 11) is 3.81. The third-order valence-corrected chi connectivity index (χ3v) is 7.81. The SMILES string of the molecule is CC.COc1ccccc1N1CCC2(CN(CCCSc3nnc(-c4ccccc4)n3C)C2)C1. The molecule has 0 atom stereocenters. The molecule has 6 nitrogen and oxygen atoms in total. The van der Waals surface area contributed by atoms with E-state index >= 15 is 0 Å². The van der Waals surface area contributed by atoms with Crippen molar-refractivity contribution in [2.75, 3.05) is 50.5 Å². The van der Waals surface area contributed by atoms with Crippen LogP contribution in [0.15, 0.2) is 59.8 Å². The van der Waals surface area contributed by atoms with E-state index in [0.29, 0.717) is 5.41 Å². The van der Waals surface area contributed by atoms with Gasteiger partial charge in [0.25, 0.3) is 0 Å². The molecule has 0 unspecified atom stereocenters. The van der Waals surface area contributed by atoms with E-state index in [1.807, 2.05) is 38.1 Å². The summed E-state index contributed by atoms with van der Waals surface area (Å²) < 4.78 is 7.67. The van der Waals surface area contributed by atoms with Crippen LogP contribution >= 0.6 is 11.8 Å². The van der Waals surface area contributed by atoms with Gasteiger partial charge >= 0.3 is 0 Å². The Morgan fingerprint density at radius 1 is 0.971 bits per heavy atom. The fourth-order valence-electron chi connectivity index (χ4n) is 5.08. The zero-order valence-electron chi connectivity index (χ0n) is 20.9. The summed E-state index contributed by atoms with van der Waals surface area (Å²) in [5, 5.41) is 9.78. The Kier molecular flexibility index (Phi) is 8.16. The highest BCUT2D eigenvalue weighted by molar-refractivity contribution is 7.99. The first kappa shape index (κ1) is 24.6. The zero-order valence-corrected chi connectivity index (χ0v) is 21.7. The van der Waals surface area contributed by atoms with Crippen LogP contribution in [0.2, 0.25) is 0 Å². The molecule has 1 aromatic heterocycles. The van der Waals surface area contributed by atoms with Crippen LogP contribution in [0.1, 0.15) is 26.7 Å². The van der Waals surface area contributed by atoms with Crippen molar-refractivity contribution in [3.63, 3.8) is 0 Å². The van der Waals surface area contributed by atoms with Crippen LogP contribution < -0.4 is 9.64 Å². The van der Waals surface area contributed by atoms with Gasteiger partial charge < -0.3 is 19.1 Å². The highest BCUT2D eigenvalue weighted by Gasteiger charge is 2.47. The van der Waals surface area contributed by atoms with Gasteiger partial charge in [-0.1, -0.05) is 68.1 Å². The van der Waals surface area contributed by atoms with Crippen LogP contribution in [-0.2, 0) is 7.05 Å². The maximum absolute atomic E-state index is 5.57. The maximum Gasteiger partial charge on any atom is 0.191 e. The number of hydrogen-bond donors (Lipinski definition) is 0. The third-order valence-electron chi connectivity index (χ3n) is 6.70. The highest BCUT2D eigenvalue weighted by atomic mass is 32.2. The number of hydrogen-bond acceptors (Lipinski definition) is 6. The lowest BCUT2D eigenvalue weighted by Crippen LogP contribution is -2.57. The van der Waals surface area contributed by atoms with Crippen LogP contribution in [0.3, 0.4) is 0 Å². The first-order chi connectivity index (χ1) is 16.7. The van der Waals surface area contributed by atoms with Crippen LogP contribution in [-0.4, -0.2) is 65.3 Å². The molecule has 2 aromatic carbocycles. The van der Waals surface area contributed by atoms with Crippen molar-refractivity contribution in [1.29, 1.82) is 0 Å². The Hall–Kier alpha value is -2.51. The number of anilines is 1. The van der Waals surface area contributed by atoms with E-state index in [-0.39, 0.29) is 0 Å². The van der Waals surface area contributed by atoms with Gasteiger partial charge in [0, 0.05) is 50.0 Å². The molecule has 182 valence electrons. The maximum atomic E-state index is 5.57. The average Bonchev–Trinajstić information content (AvgIpc) is 3.47. The molecule has 1 spiro atoms. The zero-order chi connectivity index (χ0) is 24.0. The summed E-state index contributed by atoms with van der Waals surface area (Å²) in [6, 6.07) is 18.6. The van der Waals surface area contributed by atoms with E-state index in [0.717, 1.165) is 47.7 Å². The molecular weight excluding hydrogens is 442 g/mol. The van der Waals surface area contributed by atoms with Gasteiger partial charge in [0.15, 0.2) is 11.0 Å². The van der Waals surface area contributed by atoms with Crippen molar-refractivity contribution < 1.29 is 4.74 Å². The molecule has 0 N–H and O–H groups in total. The molecule has 0 radical (unpaired) electrons. The Bertz CT molecular complexity index is 1050. The van der Waals surface area contributed by atoms with Crippen molar-refractivity contribution in [3.05, 3.63) is 54.6 Å². The normalized spacial score (nSPS) is 16.8. The van der Waals surface area contributed by atoms with Crippen molar-refractivity contribution in [2.45, 2.75) is 31.8 Å². The second-order valence-corrected chi connectivity index (χ2v) is 10.0. The lowest BCUT2D eigenvalue weighted by atomic mass is 9.79. The van der Waals surface area contributed by atoms with E-state index < -0.39 is 0 Å². The van der Waals surface area contributed by atoms with Gasteiger partial charge in [-0.05, 0) is 31.5 Å². The molecule has 2 fully saturated rings. The first-order valence-corrected chi connectivity index (χ1v) is 13.3. The van der Waals surface area contributed by atoms with Crippen molar-refractivity contribution >= 4 is 17.4 Å². The van der Waals surface area contributed by atoms with Crippen molar-refractivity contribution in [3.8, 4) is 17.1 Å². The molecule has 2 aliphatic heterocycles. The predicted molar refractivity (Wildman–Crippen MR) is 142 cm³/mol. The number of rotatable bonds is 8. The number of benzene rings is 2. The summed E-state index contributed by atoms with van der Waals surface area (Å²) >= 11 is 1.81. The minimum absolute atomic E-state index is 0.460. The summed E-state index contributed by atoms with van der Waals surface area (Å²) in [4.78, 5) is 5.11. The quantitative estimate of drug-likeness (QED) is 0.326. The molecule has 0 amide bonds.